The molecule has 0 radical (unpaired) electrons. The third-order valence-corrected chi connectivity index (χ3v) is 4.48. The third-order valence-electron chi connectivity index (χ3n) is 3.60. The van der Waals surface area contributed by atoms with Crippen LogP contribution in [0.4, 0.5) is 5.69 Å². The van der Waals surface area contributed by atoms with Gasteiger partial charge in [-0.3, -0.25) is 0 Å². The Morgan fingerprint density at radius 3 is 2.58 bits per heavy atom. The van der Waals surface area contributed by atoms with Gasteiger partial charge in [-0.05, 0) is 48.6 Å². The number of hydrogen-bond donors (Lipinski definition) is 2. The fourth-order valence-electron chi connectivity index (χ4n) is 2.23. The maximum atomic E-state index is 4.70. The molecule has 2 aromatic rings. The fourth-order valence-corrected chi connectivity index (χ4v) is 2.87. The number of rotatable bonds is 6. The Labute approximate surface area is 166 Å². The van der Waals surface area contributed by atoms with Gasteiger partial charge in [0.15, 0.2) is 5.96 Å². The molecule has 2 N–H and O–H groups in total. The quantitative estimate of drug-likeness (QED) is 0.391. The highest BCUT2D eigenvalue weighted by molar-refractivity contribution is 14.0. The van der Waals surface area contributed by atoms with Crippen molar-refractivity contribution in [2.24, 2.45) is 4.99 Å². The largest absolute Gasteiger partial charge is 0.378 e. The fraction of sp³-hybridized carbons (Fsp3) is 0.389. The first-order chi connectivity index (χ1) is 11.1. The smallest absolute Gasteiger partial charge is 0.191 e. The van der Waals surface area contributed by atoms with Crippen LogP contribution in [0.3, 0.4) is 0 Å². The van der Waals surface area contributed by atoms with E-state index >= 15 is 0 Å². The van der Waals surface area contributed by atoms with E-state index in [2.05, 4.69) is 79.2 Å². The lowest BCUT2D eigenvalue weighted by Gasteiger charge is -2.15. The van der Waals surface area contributed by atoms with E-state index in [-0.39, 0.29) is 24.0 Å². The highest BCUT2D eigenvalue weighted by Crippen LogP contribution is 2.18. The number of benzene rings is 1. The van der Waals surface area contributed by atoms with Crippen LogP contribution in [0.5, 0.6) is 0 Å². The lowest BCUT2D eigenvalue weighted by molar-refractivity contribution is 0.822. The summed E-state index contributed by atoms with van der Waals surface area (Å²) in [6, 6.07) is 10.7. The first kappa shape index (κ1) is 20.8. The van der Waals surface area contributed by atoms with Crippen molar-refractivity contribution >= 4 is 47.0 Å². The SMILES string of the molecule is CCNC(=NCc1ccc(N(C)C)cc1C)NCc1cccs1.I. The predicted octanol–water partition coefficient (Wildman–Crippen LogP) is 4.00. The van der Waals surface area contributed by atoms with Crippen molar-refractivity contribution in [3.63, 3.8) is 0 Å². The number of halogens is 1. The van der Waals surface area contributed by atoms with E-state index in [1.165, 1.54) is 21.7 Å². The highest BCUT2D eigenvalue weighted by Gasteiger charge is 2.03. The molecule has 0 aliphatic rings. The van der Waals surface area contributed by atoms with E-state index in [9.17, 15) is 0 Å². The van der Waals surface area contributed by atoms with E-state index in [4.69, 9.17) is 4.99 Å². The molecule has 2 rings (SSSR count). The Hall–Kier alpha value is -1.28. The van der Waals surface area contributed by atoms with Crippen molar-refractivity contribution in [1.29, 1.82) is 0 Å². The summed E-state index contributed by atoms with van der Waals surface area (Å²) < 4.78 is 0. The van der Waals surface area contributed by atoms with Crippen LogP contribution in [0.2, 0.25) is 0 Å². The van der Waals surface area contributed by atoms with E-state index in [1.54, 1.807) is 11.3 Å². The van der Waals surface area contributed by atoms with Crippen LogP contribution in [-0.2, 0) is 13.1 Å². The Bertz CT molecular complexity index is 638. The van der Waals surface area contributed by atoms with Gasteiger partial charge in [-0.2, -0.15) is 0 Å². The average molecular weight is 458 g/mol. The maximum Gasteiger partial charge on any atom is 0.191 e. The number of guanidine groups is 1. The van der Waals surface area contributed by atoms with Gasteiger partial charge >= 0.3 is 0 Å². The van der Waals surface area contributed by atoms with Crippen molar-refractivity contribution in [2.45, 2.75) is 26.9 Å². The Morgan fingerprint density at radius 1 is 1.21 bits per heavy atom. The van der Waals surface area contributed by atoms with Gasteiger partial charge in [0, 0.05) is 31.2 Å². The molecule has 0 saturated carbocycles. The second kappa shape index (κ2) is 10.6. The van der Waals surface area contributed by atoms with Gasteiger partial charge in [0.1, 0.15) is 0 Å². The molecule has 1 aromatic carbocycles. The lowest BCUT2D eigenvalue weighted by atomic mass is 10.1. The molecule has 0 spiro atoms. The van der Waals surface area contributed by atoms with Gasteiger partial charge in [-0.15, -0.1) is 35.3 Å². The van der Waals surface area contributed by atoms with E-state index in [0.29, 0.717) is 6.54 Å². The van der Waals surface area contributed by atoms with Crippen LogP contribution in [0.15, 0.2) is 40.7 Å². The summed E-state index contributed by atoms with van der Waals surface area (Å²) in [5.74, 6) is 0.858. The zero-order valence-electron chi connectivity index (χ0n) is 14.8. The van der Waals surface area contributed by atoms with Crippen LogP contribution in [0, 0.1) is 6.92 Å². The highest BCUT2D eigenvalue weighted by atomic mass is 127. The molecule has 6 heteroatoms. The van der Waals surface area contributed by atoms with Crippen LogP contribution >= 0.6 is 35.3 Å². The number of hydrogen-bond acceptors (Lipinski definition) is 3. The lowest BCUT2D eigenvalue weighted by Crippen LogP contribution is -2.36. The molecule has 0 aliphatic carbocycles. The minimum atomic E-state index is 0. The van der Waals surface area contributed by atoms with Gasteiger partial charge in [0.25, 0.3) is 0 Å². The Kier molecular flexibility index (Phi) is 9.13. The second-order valence-corrected chi connectivity index (χ2v) is 6.67. The summed E-state index contributed by atoms with van der Waals surface area (Å²) in [4.78, 5) is 8.13. The van der Waals surface area contributed by atoms with Crippen molar-refractivity contribution in [3.8, 4) is 0 Å². The standard InChI is InChI=1S/C18H26N4S.HI/c1-5-19-18(21-13-17-7-6-10-23-17)20-12-15-8-9-16(22(3)4)11-14(15)2;/h6-11H,5,12-13H2,1-4H3,(H2,19,20,21);1H. The maximum absolute atomic E-state index is 4.70. The van der Waals surface area contributed by atoms with Gasteiger partial charge in [0.2, 0.25) is 0 Å². The average Bonchev–Trinajstić information content (AvgIpc) is 3.04. The second-order valence-electron chi connectivity index (χ2n) is 5.63. The molecule has 0 atom stereocenters. The summed E-state index contributed by atoms with van der Waals surface area (Å²) in [7, 11) is 4.12. The van der Waals surface area contributed by atoms with E-state index in [0.717, 1.165) is 19.0 Å². The van der Waals surface area contributed by atoms with Crippen LogP contribution < -0.4 is 15.5 Å². The molecule has 1 heterocycles. The predicted molar refractivity (Wildman–Crippen MR) is 117 cm³/mol. The third kappa shape index (κ3) is 6.32. The van der Waals surface area contributed by atoms with E-state index in [1.807, 2.05) is 0 Å². The first-order valence-electron chi connectivity index (χ1n) is 7.91. The summed E-state index contributed by atoms with van der Waals surface area (Å²) in [5.41, 5.74) is 3.75. The van der Waals surface area contributed by atoms with Crippen LogP contribution in [0.25, 0.3) is 0 Å². The van der Waals surface area contributed by atoms with Gasteiger partial charge in [0.05, 0.1) is 13.1 Å². The number of nitrogens with one attached hydrogen (secondary N) is 2. The normalized spacial score (nSPS) is 10.9. The molecular weight excluding hydrogens is 431 g/mol. The van der Waals surface area contributed by atoms with Gasteiger partial charge in [-0.1, -0.05) is 12.1 Å². The van der Waals surface area contributed by atoms with Gasteiger partial charge < -0.3 is 15.5 Å². The van der Waals surface area contributed by atoms with E-state index < -0.39 is 0 Å². The molecular formula is C18H27IN4S. The molecule has 24 heavy (non-hydrogen) atoms. The molecule has 0 amide bonds. The van der Waals surface area contributed by atoms with Crippen LogP contribution in [0.1, 0.15) is 22.9 Å². The number of aryl methyl sites for hydroxylation is 1. The molecule has 0 unspecified atom stereocenters. The monoisotopic (exact) mass is 458 g/mol. The van der Waals surface area contributed by atoms with Crippen LogP contribution in [-0.4, -0.2) is 26.6 Å². The molecule has 4 nitrogen and oxygen atoms in total. The Balaban J connectivity index is 0.00000288. The number of thiophene rings is 1. The minimum absolute atomic E-state index is 0. The summed E-state index contributed by atoms with van der Waals surface area (Å²) in [5, 5.41) is 8.78. The summed E-state index contributed by atoms with van der Waals surface area (Å²) >= 11 is 1.75. The van der Waals surface area contributed by atoms with Crippen molar-refractivity contribution in [3.05, 3.63) is 51.7 Å². The van der Waals surface area contributed by atoms with Crippen molar-refractivity contribution < 1.29 is 0 Å². The van der Waals surface area contributed by atoms with Crippen molar-refractivity contribution in [1.82, 2.24) is 10.6 Å². The zero-order valence-corrected chi connectivity index (χ0v) is 17.9. The summed E-state index contributed by atoms with van der Waals surface area (Å²) in [6.07, 6.45) is 0. The minimum Gasteiger partial charge on any atom is -0.378 e. The number of nitrogens with zero attached hydrogens (tertiary/aromatic N) is 2. The molecule has 0 aliphatic heterocycles. The summed E-state index contributed by atoms with van der Waals surface area (Å²) in [6.45, 7) is 6.57. The molecule has 1 aromatic heterocycles. The molecule has 0 saturated heterocycles. The van der Waals surface area contributed by atoms with Crippen molar-refractivity contribution in [2.75, 3.05) is 25.5 Å². The number of anilines is 1. The zero-order chi connectivity index (χ0) is 16.7. The topological polar surface area (TPSA) is 39.7 Å². The van der Waals surface area contributed by atoms with Gasteiger partial charge in [-0.25, -0.2) is 4.99 Å². The number of aliphatic imine (C=N–C) groups is 1. The molecule has 0 fully saturated rings. The molecule has 132 valence electrons. The molecule has 0 bridgehead atoms. The Morgan fingerprint density at radius 2 is 2.00 bits per heavy atom. The first-order valence-corrected chi connectivity index (χ1v) is 8.79.